The molecule has 3 rings (SSSR count). The standard InChI is InChI=1S/C18H19NO2/c1-18(2,17(20)21)15-6-3-12(4-7-15)13-5-8-16-14(11-13)9-10-19-16/h3-8,11,19H,9-10H2,1-2H3,(H,20,21). The second-order valence-electron chi connectivity index (χ2n) is 6.06. The molecule has 0 bridgehead atoms. The number of hydrogen-bond acceptors (Lipinski definition) is 2. The number of carbonyl (C=O) groups is 1. The average molecular weight is 281 g/mol. The van der Waals surface area contributed by atoms with Crippen LogP contribution in [-0.4, -0.2) is 17.6 Å². The lowest BCUT2D eigenvalue weighted by Crippen LogP contribution is -2.28. The third-order valence-corrected chi connectivity index (χ3v) is 4.29. The maximum absolute atomic E-state index is 11.3. The Morgan fingerprint density at radius 3 is 2.43 bits per heavy atom. The van der Waals surface area contributed by atoms with Gasteiger partial charge in [-0.25, -0.2) is 0 Å². The molecular weight excluding hydrogens is 262 g/mol. The number of carboxylic acids is 1. The SMILES string of the molecule is CC(C)(C(=O)O)c1ccc(-c2ccc3c(c2)CCN3)cc1. The van der Waals surface area contributed by atoms with Crippen LogP contribution in [0.3, 0.4) is 0 Å². The van der Waals surface area contributed by atoms with E-state index in [4.69, 9.17) is 0 Å². The van der Waals surface area contributed by atoms with E-state index < -0.39 is 11.4 Å². The van der Waals surface area contributed by atoms with Crippen molar-refractivity contribution in [1.82, 2.24) is 0 Å². The van der Waals surface area contributed by atoms with Gasteiger partial charge in [0.05, 0.1) is 5.41 Å². The van der Waals surface area contributed by atoms with E-state index in [2.05, 4.69) is 23.5 Å². The number of aliphatic carboxylic acids is 1. The summed E-state index contributed by atoms with van der Waals surface area (Å²) in [5.41, 5.74) is 4.83. The van der Waals surface area contributed by atoms with E-state index in [1.165, 1.54) is 16.8 Å². The third kappa shape index (κ3) is 2.40. The second kappa shape index (κ2) is 4.92. The molecule has 1 aliphatic heterocycles. The van der Waals surface area contributed by atoms with Crippen LogP contribution in [-0.2, 0) is 16.6 Å². The van der Waals surface area contributed by atoms with Gasteiger partial charge in [-0.3, -0.25) is 4.79 Å². The van der Waals surface area contributed by atoms with E-state index in [-0.39, 0.29) is 0 Å². The summed E-state index contributed by atoms with van der Waals surface area (Å²) in [6, 6.07) is 14.3. The molecule has 0 fully saturated rings. The highest BCUT2D eigenvalue weighted by molar-refractivity contribution is 5.80. The molecule has 0 atom stereocenters. The molecule has 108 valence electrons. The molecule has 3 nitrogen and oxygen atoms in total. The van der Waals surface area contributed by atoms with Gasteiger partial charge in [0.25, 0.3) is 0 Å². The molecule has 1 aliphatic rings. The lowest BCUT2D eigenvalue weighted by molar-refractivity contribution is -0.142. The molecule has 2 N–H and O–H groups in total. The molecule has 0 aliphatic carbocycles. The Hall–Kier alpha value is -2.29. The van der Waals surface area contributed by atoms with Gasteiger partial charge in [-0.15, -0.1) is 0 Å². The zero-order valence-electron chi connectivity index (χ0n) is 12.3. The van der Waals surface area contributed by atoms with Crippen LogP contribution in [0.25, 0.3) is 11.1 Å². The number of rotatable bonds is 3. The van der Waals surface area contributed by atoms with Crippen molar-refractivity contribution >= 4 is 11.7 Å². The van der Waals surface area contributed by atoms with Crippen molar-refractivity contribution in [2.75, 3.05) is 11.9 Å². The lowest BCUT2D eigenvalue weighted by Gasteiger charge is -2.20. The van der Waals surface area contributed by atoms with Crippen LogP contribution in [0, 0.1) is 0 Å². The van der Waals surface area contributed by atoms with Gasteiger partial charge in [-0.1, -0.05) is 30.3 Å². The summed E-state index contributed by atoms with van der Waals surface area (Å²) in [5, 5.41) is 12.6. The first kappa shape index (κ1) is 13.7. The normalized spacial score (nSPS) is 13.6. The van der Waals surface area contributed by atoms with E-state index in [1.807, 2.05) is 24.3 Å². The Labute approximate surface area is 124 Å². The Morgan fingerprint density at radius 1 is 1.10 bits per heavy atom. The summed E-state index contributed by atoms with van der Waals surface area (Å²) in [6.45, 7) is 4.46. The highest BCUT2D eigenvalue weighted by Crippen LogP contribution is 2.30. The molecule has 1 heterocycles. The largest absolute Gasteiger partial charge is 0.481 e. The fraction of sp³-hybridized carbons (Fsp3) is 0.278. The molecule has 2 aromatic rings. The van der Waals surface area contributed by atoms with Crippen molar-refractivity contribution in [1.29, 1.82) is 0 Å². The maximum Gasteiger partial charge on any atom is 0.313 e. The minimum Gasteiger partial charge on any atom is -0.481 e. The zero-order valence-corrected chi connectivity index (χ0v) is 12.3. The highest BCUT2D eigenvalue weighted by atomic mass is 16.4. The highest BCUT2D eigenvalue weighted by Gasteiger charge is 2.29. The van der Waals surface area contributed by atoms with Crippen LogP contribution in [0.5, 0.6) is 0 Å². The summed E-state index contributed by atoms with van der Waals surface area (Å²) in [5.74, 6) is -0.807. The molecule has 0 saturated carbocycles. The maximum atomic E-state index is 11.3. The Bertz CT molecular complexity index is 687. The number of nitrogens with one attached hydrogen (secondary N) is 1. The van der Waals surface area contributed by atoms with Crippen LogP contribution in [0.1, 0.15) is 25.0 Å². The van der Waals surface area contributed by atoms with Crippen molar-refractivity contribution in [3.05, 3.63) is 53.6 Å². The van der Waals surface area contributed by atoms with E-state index in [0.29, 0.717) is 0 Å². The number of carboxylic acid groups (broad SMARTS) is 1. The average Bonchev–Trinajstić information content (AvgIpc) is 2.94. The van der Waals surface area contributed by atoms with Gasteiger partial charge < -0.3 is 10.4 Å². The van der Waals surface area contributed by atoms with Crippen LogP contribution in [0.4, 0.5) is 5.69 Å². The predicted molar refractivity (Wildman–Crippen MR) is 84.7 cm³/mol. The number of anilines is 1. The first-order chi connectivity index (χ1) is 9.98. The summed E-state index contributed by atoms with van der Waals surface area (Å²) in [7, 11) is 0. The lowest BCUT2D eigenvalue weighted by atomic mass is 9.84. The summed E-state index contributed by atoms with van der Waals surface area (Å²) in [4.78, 5) is 11.3. The number of fused-ring (bicyclic) bond motifs is 1. The zero-order chi connectivity index (χ0) is 15.0. The summed E-state index contributed by atoms with van der Waals surface area (Å²) < 4.78 is 0. The molecule has 0 radical (unpaired) electrons. The van der Waals surface area contributed by atoms with Crippen molar-refractivity contribution in [2.45, 2.75) is 25.7 Å². The smallest absolute Gasteiger partial charge is 0.313 e. The van der Waals surface area contributed by atoms with Gasteiger partial charge in [0, 0.05) is 12.2 Å². The Balaban J connectivity index is 1.93. The fourth-order valence-electron chi connectivity index (χ4n) is 2.69. The molecule has 0 amide bonds. The quantitative estimate of drug-likeness (QED) is 0.902. The van der Waals surface area contributed by atoms with Gasteiger partial charge in [-0.2, -0.15) is 0 Å². The van der Waals surface area contributed by atoms with Gasteiger partial charge in [0.2, 0.25) is 0 Å². The molecule has 21 heavy (non-hydrogen) atoms. The second-order valence-corrected chi connectivity index (χ2v) is 6.06. The van der Waals surface area contributed by atoms with Gasteiger partial charge in [-0.05, 0) is 54.7 Å². The molecule has 0 saturated heterocycles. The number of hydrogen-bond donors (Lipinski definition) is 2. The van der Waals surface area contributed by atoms with Crippen LogP contribution < -0.4 is 5.32 Å². The molecule has 2 aromatic carbocycles. The van der Waals surface area contributed by atoms with Crippen LogP contribution >= 0.6 is 0 Å². The van der Waals surface area contributed by atoms with E-state index in [0.717, 1.165) is 24.1 Å². The summed E-state index contributed by atoms with van der Waals surface area (Å²) >= 11 is 0. The van der Waals surface area contributed by atoms with E-state index in [9.17, 15) is 9.90 Å². The molecule has 0 unspecified atom stereocenters. The molecular formula is C18H19NO2. The van der Waals surface area contributed by atoms with Crippen molar-refractivity contribution in [3.8, 4) is 11.1 Å². The molecule has 0 spiro atoms. The first-order valence-corrected chi connectivity index (χ1v) is 7.19. The Morgan fingerprint density at radius 2 is 1.76 bits per heavy atom. The van der Waals surface area contributed by atoms with E-state index in [1.54, 1.807) is 13.8 Å². The van der Waals surface area contributed by atoms with E-state index >= 15 is 0 Å². The van der Waals surface area contributed by atoms with Crippen molar-refractivity contribution < 1.29 is 9.90 Å². The monoisotopic (exact) mass is 281 g/mol. The minimum atomic E-state index is -0.861. The van der Waals surface area contributed by atoms with Gasteiger partial charge >= 0.3 is 5.97 Å². The fourth-order valence-corrected chi connectivity index (χ4v) is 2.69. The molecule has 3 heteroatoms. The summed E-state index contributed by atoms with van der Waals surface area (Å²) in [6.07, 6.45) is 1.06. The Kier molecular flexibility index (Phi) is 3.20. The van der Waals surface area contributed by atoms with Gasteiger partial charge in [0.15, 0.2) is 0 Å². The first-order valence-electron chi connectivity index (χ1n) is 7.19. The third-order valence-electron chi connectivity index (χ3n) is 4.29. The topological polar surface area (TPSA) is 49.3 Å². The van der Waals surface area contributed by atoms with Crippen molar-refractivity contribution in [2.24, 2.45) is 0 Å². The predicted octanol–water partition coefficient (Wildman–Crippen LogP) is 3.68. The van der Waals surface area contributed by atoms with Gasteiger partial charge in [0.1, 0.15) is 0 Å². The number of benzene rings is 2. The van der Waals surface area contributed by atoms with Crippen LogP contribution in [0.15, 0.2) is 42.5 Å². The minimum absolute atomic E-state index is 0.807. The molecule has 0 aromatic heterocycles. The van der Waals surface area contributed by atoms with Crippen molar-refractivity contribution in [3.63, 3.8) is 0 Å². The van der Waals surface area contributed by atoms with Crippen LogP contribution in [0.2, 0.25) is 0 Å².